The lowest BCUT2D eigenvalue weighted by atomic mass is 9.81. The first-order chi connectivity index (χ1) is 7.81. The fourth-order valence-corrected chi connectivity index (χ4v) is 1.75. The third-order valence-electron chi connectivity index (χ3n) is 2.72. The number of carboxylic acids is 1. The highest BCUT2D eigenvalue weighted by molar-refractivity contribution is 5.68. The molecule has 0 fully saturated rings. The second-order valence-corrected chi connectivity index (χ2v) is 4.75. The summed E-state index contributed by atoms with van der Waals surface area (Å²) in [5.74, 6) is -0.869. The highest BCUT2D eigenvalue weighted by Crippen LogP contribution is 2.27. The van der Waals surface area contributed by atoms with Crippen molar-refractivity contribution in [3.63, 3.8) is 0 Å². The first-order valence-electron chi connectivity index (χ1n) is 5.40. The van der Waals surface area contributed by atoms with E-state index in [4.69, 9.17) is 5.11 Å². The maximum absolute atomic E-state index is 12.1. The van der Waals surface area contributed by atoms with E-state index in [1.54, 1.807) is 24.3 Å². The summed E-state index contributed by atoms with van der Waals surface area (Å²) < 4.78 is 24.3. The molecule has 1 rings (SSSR count). The lowest BCUT2D eigenvalue weighted by Crippen LogP contribution is -2.21. The van der Waals surface area contributed by atoms with Crippen molar-refractivity contribution in [3.05, 3.63) is 35.4 Å². The zero-order valence-corrected chi connectivity index (χ0v) is 9.91. The van der Waals surface area contributed by atoms with Crippen molar-refractivity contribution >= 4 is 5.97 Å². The molecule has 0 saturated carbocycles. The average Bonchev–Trinajstić information content (AvgIpc) is 2.15. The van der Waals surface area contributed by atoms with E-state index in [0.29, 0.717) is 5.56 Å². The van der Waals surface area contributed by atoms with Gasteiger partial charge in [0.1, 0.15) is 0 Å². The molecular weight excluding hydrogens is 226 g/mol. The molecule has 0 aliphatic rings. The number of aliphatic carboxylic acids is 1. The Kier molecular flexibility index (Phi) is 4.21. The van der Waals surface area contributed by atoms with Gasteiger partial charge >= 0.3 is 5.97 Å². The number of benzene rings is 1. The van der Waals surface area contributed by atoms with Crippen molar-refractivity contribution in [2.24, 2.45) is 0 Å². The van der Waals surface area contributed by atoms with Gasteiger partial charge in [-0.3, -0.25) is 4.79 Å². The predicted molar refractivity (Wildman–Crippen MR) is 61.4 cm³/mol. The van der Waals surface area contributed by atoms with Gasteiger partial charge in [0.05, 0.1) is 6.42 Å². The summed E-state index contributed by atoms with van der Waals surface area (Å²) in [6.45, 7) is 3.65. The maximum atomic E-state index is 12.1. The van der Waals surface area contributed by atoms with Crippen molar-refractivity contribution in [1.82, 2.24) is 0 Å². The molecule has 94 valence electrons. The summed E-state index contributed by atoms with van der Waals surface area (Å²) in [7, 11) is 0. The highest BCUT2D eigenvalue weighted by Gasteiger charge is 2.23. The molecule has 4 heteroatoms. The molecule has 0 spiro atoms. The quantitative estimate of drug-likeness (QED) is 0.860. The molecular formula is C13H16F2O2. The van der Waals surface area contributed by atoms with E-state index in [9.17, 15) is 13.6 Å². The van der Waals surface area contributed by atoms with Gasteiger partial charge in [0.15, 0.2) is 0 Å². The summed E-state index contributed by atoms with van der Waals surface area (Å²) in [5.41, 5.74) is 0.919. The standard InChI is InChI=1S/C13H16F2O2/c1-13(2,8-12(16)17)10-5-3-9(4-6-10)7-11(14)15/h3-6,11H,7-8H2,1-2H3,(H,16,17). The number of carboxylic acid groups (broad SMARTS) is 1. The van der Waals surface area contributed by atoms with Crippen molar-refractivity contribution in [3.8, 4) is 0 Å². The Morgan fingerprint density at radius 2 is 1.82 bits per heavy atom. The van der Waals surface area contributed by atoms with E-state index < -0.39 is 17.8 Å². The van der Waals surface area contributed by atoms with E-state index in [-0.39, 0.29) is 12.8 Å². The van der Waals surface area contributed by atoms with Crippen molar-refractivity contribution < 1.29 is 18.7 Å². The largest absolute Gasteiger partial charge is 0.481 e. The minimum absolute atomic E-state index is 0.0151. The number of halogens is 2. The van der Waals surface area contributed by atoms with E-state index in [1.807, 2.05) is 13.8 Å². The second-order valence-electron chi connectivity index (χ2n) is 4.75. The van der Waals surface area contributed by atoms with Gasteiger partial charge in [0, 0.05) is 11.8 Å². The molecule has 0 amide bonds. The fraction of sp³-hybridized carbons (Fsp3) is 0.462. The minimum Gasteiger partial charge on any atom is -0.481 e. The van der Waals surface area contributed by atoms with Crippen LogP contribution < -0.4 is 0 Å². The lowest BCUT2D eigenvalue weighted by molar-refractivity contribution is -0.138. The van der Waals surface area contributed by atoms with Crippen LogP contribution in [0.2, 0.25) is 0 Å². The molecule has 0 aliphatic carbocycles. The molecule has 1 aromatic carbocycles. The normalized spacial score (nSPS) is 11.8. The van der Waals surface area contributed by atoms with Crippen LogP contribution in [0.5, 0.6) is 0 Å². The smallest absolute Gasteiger partial charge is 0.304 e. The molecule has 1 aromatic rings. The van der Waals surface area contributed by atoms with Crippen molar-refractivity contribution in [1.29, 1.82) is 0 Å². The van der Waals surface area contributed by atoms with Crippen LogP contribution in [0.3, 0.4) is 0 Å². The summed E-state index contributed by atoms with van der Waals surface area (Å²) in [6.07, 6.45) is -2.60. The molecule has 0 saturated heterocycles. The molecule has 0 aliphatic heterocycles. The van der Waals surface area contributed by atoms with Crippen LogP contribution in [0.4, 0.5) is 8.78 Å². The number of rotatable bonds is 5. The van der Waals surface area contributed by atoms with Gasteiger partial charge in [-0.1, -0.05) is 38.1 Å². The van der Waals surface area contributed by atoms with E-state index in [2.05, 4.69) is 0 Å². The van der Waals surface area contributed by atoms with E-state index >= 15 is 0 Å². The van der Waals surface area contributed by atoms with Crippen LogP contribution in [0.25, 0.3) is 0 Å². The third-order valence-corrected chi connectivity index (χ3v) is 2.72. The van der Waals surface area contributed by atoms with Crippen molar-refractivity contribution in [2.75, 3.05) is 0 Å². The van der Waals surface area contributed by atoms with Gasteiger partial charge in [-0.15, -0.1) is 0 Å². The summed E-state index contributed by atoms with van der Waals surface area (Å²) in [4.78, 5) is 10.7. The molecule has 0 atom stereocenters. The number of carbonyl (C=O) groups is 1. The Bertz CT molecular complexity index is 383. The van der Waals surface area contributed by atoms with Gasteiger partial charge in [0.2, 0.25) is 6.43 Å². The third kappa shape index (κ3) is 4.13. The van der Waals surface area contributed by atoms with E-state index in [1.165, 1.54) is 0 Å². The first-order valence-corrected chi connectivity index (χ1v) is 5.40. The zero-order chi connectivity index (χ0) is 13.1. The highest BCUT2D eigenvalue weighted by atomic mass is 19.3. The Balaban J connectivity index is 2.82. The SMILES string of the molecule is CC(C)(CC(=O)O)c1ccc(CC(F)F)cc1. The van der Waals surface area contributed by atoms with Crippen molar-refractivity contribution in [2.45, 2.75) is 38.5 Å². The fourth-order valence-electron chi connectivity index (χ4n) is 1.75. The van der Waals surface area contributed by atoms with Gasteiger partial charge < -0.3 is 5.11 Å². The van der Waals surface area contributed by atoms with Crippen LogP contribution in [0.15, 0.2) is 24.3 Å². The monoisotopic (exact) mass is 242 g/mol. The molecule has 0 aromatic heterocycles. The topological polar surface area (TPSA) is 37.3 Å². The van der Waals surface area contributed by atoms with Gasteiger partial charge in [-0.25, -0.2) is 8.78 Å². The number of hydrogen-bond donors (Lipinski definition) is 1. The summed E-state index contributed by atoms with van der Waals surface area (Å²) in [6, 6.07) is 6.71. The average molecular weight is 242 g/mol. The number of hydrogen-bond acceptors (Lipinski definition) is 1. The van der Waals surface area contributed by atoms with Crippen LogP contribution >= 0.6 is 0 Å². The first kappa shape index (κ1) is 13.6. The van der Waals surface area contributed by atoms with E-state index in [0.717, 1.165) is 5.56 Å². The molecule has 0 heterocycles. The Hall–Kier alpha value is -1.45. The Morgan fingerprint density at radius 1 is 1.29 bits per heavy atom. The van der Waals surface area contributed by atoms with Gasteiger partial charge in [0.25, 0.3) is 0 Å². The van der Waals surface area contributed by atoms with Gasteiger partial charge in [-0.2, -0.15) is 0 Å². The predicted octanol–water partition coefficient (Wildman–Crippen LogP) is 3.25. The maximum Gasteiger partial charge on any atom is 0.304 e. The molecule has 1 N–H and O–H groups in total. The minimum atomic E-state index is -2.35. The number of alkyl halides is 2. The summed E-state index contributed by atoms with van der Waals surface area (Å²) >= 11 is 0. The lowest BCUT2D eigenvalue weighted by Gasteiger charge is -2.23. The van der Waals surface area contributed by atoms with Crippen LogP contribution in [-0.4, -0.2) is 17.5 Å². The molecule has 0 unspecified atom stereocenters. The van der Waals surface area contributed by atoms with Crippen LogP contribution in [0, 0.1) is 0 Å². The second kappa shape index (κ2) is 5.25. The Labute approximate surface area is 99.3 Å². The zero-order valence-electron chi connectivity index (χ0n) is 9.91. The van der Waals surface area contributed by atoms with Gasteiger partial charge in [-0.05, 0) is 11.1 Å². The molecule has 0 bridgehead atoms. The molecule has 0 radical (unpaired) electrons. The van der Waals surface area contributed by atoms with Crippen LogP contribution in [0.1, 0.15) is 31.4 Å². The van der Waals surface area contributed by atoms with Crippen LogP contribution in [-0.2, 0) is 16.6 Å². The Morgan fingerprint density at radius 3 is 2.24 bits per heavy atom. The summed E-state index contributed by atoms with van der Waals surface area (Å²) in [5, 5.41) is 8.78. The molecule has 2 nitrogen and oxygen atoms in total. The molecule has 17 heavy (non-hydrogen) atoms.